The van der Waals surface area contributed by atoms with Crippen molar-refractivity contribution in [2.45, 2.75) is 6.54 Å². The Hall–Kier alpha value is -2.92. The van der Waals surface area contributed by atoms with Gasteiger partial charge < -0.3 is 10.0 Å². The quantitative estimate of drug-likeness (QED) is 0.625. The topological polar surface area (TPSA) is 62.5 Å². The van der Waals surface area contributed by atoms with Crippen molar-refractivity contribution < 1.29 is 9.90 Å². The summed E-state index contributed by atoms with van der Waals surface area (Å²) in [4.78, 5) is 27.9. The van der Waals surface area contributed by atoms with Crippen LogP contribution in [0.25, 0.3) is 21.9 Å². The first-order valence-corrected chi connectivity index (χ1v) is 8.18. The van der Waals surface area contributed by atoms with E-state index >= 15 is 0 Å². The predicted molar refractivity (Wildman–Crippen MR) is 97.3 cm³/mol. The molecule has 0 unspecified atom stereocenters. The predicted octanol–water partition coefficient (Wildman–Crippen LogP) is 2.48. The summed E-state index contributed by atoms with van der Waals surface area (Å²) in [5.41, 5.74) is 1.87. The molecule has 126 valence electrons. The molecular weight excluding hydrogens is 316 g/mol. The van der Waals surface area contributed by atoms with Crippen molar-refractivity contribution in [1.82, 2.24) is 9.47 Å². The van der Waals surface area contributed by atoms with Crippen LogP contribution in [0.4, 0.5) is 0 Å². The Labute approximate surface area is 144 Å². The van der Waals surface area contributed by atoms with Crippen LogP contribution in [0.2, 0.25) is 0 Å². The molecule has 0 saturated heterocycles. The molecule has 3 aromatic rings. The highest BCUT2D eigenvalue weighted by atomic mass is 16.3. The van der Waals surface area contributed by atoms with Gasteiger partial charge in [-0.05, 0) is 25.7 Å². The third-order valence-electron chi connectivity index (χ3n) is 4.73. The third-order valence-corrected chi connectivity index (χ3v) is 4.73. The summed E-state index contributed by atoms with van der Waals surface area (Å²) in [6.07, 6.45) is 0. The second-order valence-electron chi connectivity index (χ2n) is 6.56. The molecule has 0 saturated carbocycles. The molecule has 25 heavy (non-hydrogen) atoms. The van der Waals surface area contributed by atoms with Crippen LogP contribution < -0.4 is 5.56 Å². The zero-order valence-corrected chi connectivity index (χ0v) is 14.1. The van der Waals surface area contributed by atoms with E-state index in [0.29, 0.717) is 46.1 Å². The fraction of sp³-hybridized carbons (Fsp3) is 0.200. The van der Waals surface area contributed by atoms with E-state index in [0.717, 1.165) is 0 Å². The lowest BCUT2D eigenvalue weighted by atomic mass is 9.83. The first-order valence-electron chi connectivity index (χ1n) is 8.18. The number of aromatic hydroxyl groups is 1. The largest absolute Gasteiger partial charge is 0.494 e. The number of nitrogens with zero attached hydrogens (tertiary/aromatic N) is 2. The number of hydrogen-bond donors (Lipinski definition) is 1. The van der Waals surface area contributed by atoms with Crippen molar-refractivity contribution in [1.29, 1.82) is 0 Å². The minimum absolute atomic E-state index is 0.0837. The summed E-state index contributed by atoms with van der Waals surface area (Å²) in [5, 5.41) is 11.8. The molecular formula is C20H18N2O3. The van der Waals surface area contributed by atoms with Crippen molar-refractivity contribution >= 4 is 16.6 Å². The normalized spacial score (nSPS) is 12.7. The van der Waals surface area contributed by atoms with Crippen LogP contribution in [0.3, 0.4) is 0 Å². The molecule has 1 aliphatic carbocycles. The monoisotopic (exact) mass is 334 g/mol. The molecule has 0 aliphatic heterocycles. The number of rotatable bonds is 3. The van der Waals surface area contributed by atoms with Crippen molar-refractivity contribution in [3.8, 4) is 17.0 Å². The van der Waals surface area contributed by atoms with Crippen molar-refractivity contribution in [2.24, 2.45) is 0 Å². The number of aromatic nitrogens is 1. The molecule has 1 aromatic heterocycles. The standard InChI is InChI=1S/C20H18N2O3/c1-21(2)10-11-22-19(24)15-9-5-8-14-16(15)17(20(22)25)12-6-3-4-7-13(12)18(14)23/h3-9,24H,10-11H2,1-2H3. The summed E-state index contributed by atoms with van der Waals surface area (Å²) in [5.74, 6) is -0.196. The maximum atomic E-state index is 13.2. The molecule has 0 bridgehead atoms. The van der Waals surface area contributed by atoms with Crippen LogP contribution in [-0.4, -0.2) is 41.0 Å². The van der Waals surface area contributed by atoms with Crippen LogP contribution >= 0.6 is 0 Å². The molecule has 1 N–H and O–H groups in total. The summed E-state index contributed by atoms with van der Waals surface area (Å²) in [7, 11) is 3.83. The Morgan fingerprint density at radius 3 is 2.36 bits per heavy atom. The maximum Gasteiger partial charge on any atom is 0.261 e. The van der Waals surface area contributed by atoms with Gasteiger partial charge in [0.05, 0.1) is 5.56 Å². The molecule has 5 nitrogen and oxygen atoms in total. The molecule has 0 radical (unpaired) electrons. The van der Waals surface area contributed by atoms with Gasteiger partial charge in [0.2, 0.25) is 5.88 Å². The van der Waals surface area contributed by atoms with Crippen molar-refractivity contribution in [2.75, 3.05) is 20.6 Å². The van der Waals surface area contributed by atoms with Gasteiger partial charge in [0.1, 0.15) is 0 Å². The second kappa shape index (κ2) is 5.57. The number of fused-ring (bicyclic) bond motifs is 2. The van der Waals surface area contributed by atoms with E-state index in [1.54, 1.807) is 36.4 Å². The van der Waals surface area contributed by atoms with E-state index in [9.17, 15) is 14.7 Å². The number of carbonyl (C=O) groups is 1. The molecule has 0 amide bonds. The van der Waals surface area contributed by atoms with Crippen LogP contribution in [0.1, 0.15) is 15.9 Å². The lowest BCUT2D eigenvalue weighted by Gasteiger charge is -2.22. The SMILES string of the molecule is CN(C)CCn1c(O)c2cccc3c2c(c1=O)-c1ccccc1C3=O. The van der Waals surface area contributed by atoms with E-state index in [1.807, 2.05) is 25.1 Å². The molecule has 1 heterocycles. The van der Waals surface area contributed by atoms with Gasteiger partial charge in [-0.15, -0.1) is 0 Å². The van der Waals surface area contributed by atoms with Gasteiger partial charge in [0.15, 0.2) is 5.78 Å². The zero-order valence-electron chi connectivity index (χ0n) is 14.1. The van der Waals surface area contributed by atoms with Crippen molar-refractivity contribution in [3.63, 3.8) is 0 Å². The van der Waals surface area contributed by atoms with Crippen LogP contribution in [0, 0.1) is 0 Å². The summed E-state index contributed by atoms with van der Waals surface area (Å²) in [6.45, 7) is 1.000. The van der Waals surface area contributed by atoms with Crippen LogP contribution in [0.15, 0.2) is 47.3 Å². The number of carbonyl (C=O) groups excluding carboxylic acids is 1. The highest BCUT2D eigenvalue weighted by Crippen LogP contribution is 2.39. The Kier molecular flexibility index (Phi) is 3.47. The first-order chi connectivity index (χ1) is 12.0. The Balaban J connectivity index is 2.14. The summed E-state index contributed by atoms with van der Waals surface area (Å²) in [6, 6.07) is 12.4. The minimum atomic E-state index is -0.265. The van der Waals surface area contributed by atoms with Crippen LogP contribution in [-0.2, 0) is 6.54 Å². The summed E-state index contributed by atoms with van der Waals surface area (Å²) >= 11 is 0. The summed E-state index contributed by atoms with van der Waals surface area (Å²) < 4.78 is 1.40. The highest BCUT2D eigenvalue weighted by Gasteiger charge is 2.29. The number of likely N-dealkylation sites (N-methyl/N-ethyl adjacent to an activating group) is 1. The lowest BCUT2D eigenvalue weighted by molar-refractivity contribution is 0.104. The fourth-order valence-corrected chi connectivity index (χ4v) is 3.48. The first kappa shape index (κ1) is 15.6. The number of pyridine rings is 1. The van der Waals surface area contributed by atoms with E-state index < -0.39 is 0 Å². The van der Waals surface area contributed by atoms with Gasteiger partial charge >= 0.3 is 0 Å². The molecule has 4 rings (SSSR count). The van der Waals surface area contributed by atoms with E-state index in [-0.39, 0.29) is 17.2 Å². The second-order valence-corrected chi connectivity index (χ2v) is 6.56. The lowest BCUT2D eigenvalue weighted by Crippen LogP contribution is -2.29. The van der Waals surface area contributed by atoms with Gasteiger partial charge in [0, 0.05) is 35.0 Å². The van der Waals surface area contributed by atoms with Crippen LogP contribution in [0.5, 0.6) is 5.88 Å². The Morgan fingerprint density at radius 1 is 0.960 bits per heavy atom. The van der Waals surface area contributed by atoms with Gasteiger partial charge in [-0.2, -0.15) is 0 Å². The zero-order chi connectivity index (χ0) is 17.7. The molecule has 0 atom stereocenters. The number of hydrogen-bond acceptors (Lipinski definition) is 4. The Morgan fingerprint density at radius 2 is 1.64 bits per heavy atom. The average Bonchev–Trinajstić information content (AvgIpc) is 2.60. The molecule has 0 spiro atoms. The third kappa shape index (κ3) is 2.20. The maximum absolute atomic E-state index is 13.2. The number of ketones is 1. The average molecular weight is 334 g/mol. The van der Waals surface area contributed by atoms with Gasteiger partial charge in [0.25, 0.3) is 5.56 Å². The smallest absolute Gasteiger partial charge is 0.261 e. The molecule has 1 aliphatic rings. The molecule has 0 fully saturated rings. The number of benzene rings is 2. The van der Waals surface area contributed by atoms with Gasteiger partial charge in [-0.1, -0.05) is 36.4 Å². The Bertz CT molecular complexity index is 1080. The molecule has 5 heteroatoms. The molecule has 2 aromatic carbocycles. The fourth-order valence-electron chi connectivity index (χ4n) is 3.48. The van der Waals surface area contributed by atoms with Gasteiger partial charge in [-0.25, -0.2) is 0 Å². The highest BCUT2D eigenvalue weighted by molar-refractivity contribution is 6.26. The van der Waals surface area contributed by atoms with E-state index in [2.05, 4.69) is 0 Å². The van der Waals surface area contributed by atoms with Gasteiger partial charge in [-0.3, -0.25) is 14.2 Å². The minimum Gasteiger partial charge on any atom is -0.494 e. The van der Waals surface area contributed by atoms with E-state index in [1.165, 1.54) is 4.57 Å². The van der Waals surface area contributed by atoms with Crippen molar-refractivity contribution in [3.05, 3.63) is 63.9 Å². The van der Waals surface area contributed by atoms with E-state index in [4.69, 9.17) is 0 Å².